The van der Waals surface area contributed by atoms with E-state index >= 15 is 0 Å². The fourth-order valence-electron chi connectivity index (χ4n) is 1.77. The molecule has 0 atom stereocenters. The molecule has 1 heterocycles. The van der Waals surface area contributed by atoms with Crippen molar-refractivity contribution < 1.29 is 14.6 Å². The number of hydrogen-bond donors (Lipinski definition) is 1. The van der Waals surface area contributed by atoms with Gasteiger partial charge in [0.2, 0.25) is 0 Å². The zero-order chi connectivity index (χ0) is 13.8. The first-order chi connectivity index (χ1) is 9.17. The number of rotatable bonds is 5. The molecule has 0 fully saturated rings. The van der Waals surface area contributed by atoms with Crippen LogP contribution in [-0.2, 0) is 6.42 Å². The van der Waals surface area contributed by atoms with Crippen molar-refractivity contribution in [2.24, 2.45) is 0 Å². The van der Waals surface area contributed by atoms with Gasteiger partial charge in [-0.25, -0.2) is 4.79 Å². The molecule has 0 aliphatic heterocycles. The van der Waals surface area contributed by atoms with Crippen LogP contribution in [0, 0.1) is 0 Å². The van der Waals surface area contributed by atoms with Crippen LogP contribution >= 0.6 is 0 Å². The molecule has 0 aliphatic rings. The van der Waals surface area contributed by atoms with Crippen LogP contribution in [0.15, 0.2) is 18.2 Å². The van der Waals surface area contributed by atoms with Crippen LogP contribution in [0.25, 0.3) is 5.69 Å². The van der Waals surface area contributed by atoms with Crippen LogP contribution < -0.4 is 4.74 Å². The van der Waals surface area contributed by atoms with E-state index in [-0.39, 0.29) is 5.56 Å². The molecular formula is C12H14N4O3. The monoisotopic (exact) mass is 262 g/mol. The van der Waals surface area contributed by atoms with E-state index in [1.165, 1.54) is 17.9 Å². The van der Waals surface area contributed by atoms with Crippen molar-refractivity contribution in [3.63, 3.8) is 0 Å². The van der Waals surface area contributed by atoms with E-state index in [0.29, 0.717) is 23.7 Å². The fourth-order valence-corrected chi connectivity index (χ4v) is 1.77. The lowest BCUT2D eigenvalue weighted by molar-refractivity contribution is 0.0696. The standard InChI is InChI=1S/C12H14N4O3/c1-3-4-11-13-14-15-16(11)10-7-8(19-2)5-6-9(10)12(17)18/h5-7H,3-4H2,1-2H3,(H,17,18). The lowest BCUT2D eigenvalue weighted by atomic mass is 10.1. The smallest absolute Gasteiger partial charge is 0.337 e. The van der Waals surface area contributed by atoms with Crippen molar-refractivity contribution in [1.82, 2.24) is 20.2 Å². The summed E-state index contributed by atoms with van der Waals surface area (Å²) in [7, 11) is 1.52. The lowest BCUT2D eigenvalue weighted by Crippen LogP contribution is -2.10. The molecule has 100 valence electrons. The molecule has 1 aromatic carbocycles. The van der Waals surface area contributed by atoms with E-state index in [1.807, 2.05) is 6.92 Å². The highest BCUT2D eigenvalue weighted by Gasteiger charge is 2.17. The Morgan fingerprint density at radius 2 is 2.26 bits per heavy atom. The zero-order valence-corrected chi connectivity index (χ0v) is 10.7. The summed E-state index contributed by atoms with van der Waals surface area (Å²) in [5.74, 6) is 0.145. The van der Waals surface area contributed by atoms with Crippen LogP contribution in [0.3, 0.4) is 0 Å². The second kappa shape index (κ2) is 5.47. The third-order valence-corrected chi connectivity index (χ3v) is 2.67. The van der Waals surface area contributed by atoms with Crippen molar-refractivity contribution in [2.45, 2.75) is 19.8 Å². The third kappa shape index (κ3) is 2.54. The van der Waals surface area contributed by atoms with Crippen molar-refractivity contribution in [3.05, 3.63) is 29.6 Å². The van der Waals surface area contributed by atoms with Gasteiger partial charge in [0, 0.05) is 12.5 Å². The summed E-state index contributed by atoms with van der Waals surface area (Å²) in [6, 6.07) is 4.68. The van der Waals surface area contributed by atoms with Gasteiger partial charge in [0.05, 0.1) is 18.4 Å². The summed E-state index contributed by atoms with van der Waals surface area (Å²) in [4.78, 5) is 11.3. The second-order valence-electron chi connectivity index (χ2n) is 3.95. The Morgan fingerprint density at radius 1 is 1.47 bits per heavy atom. The van der Waals surface area contributed by atoms with Gasteiger partial charge in [0.1, 0.15) is 5.75 Å². The SMILES string of the molecule is CCCc1nnnn1-c1cc(OC)ccc1C(=O)O. The van der Waals surface area contributed by atoms with E-state index in [2.05, 4.69) is 15.5 Å². The number of ether oxygens (including phenoxy) is 1. The number of aromatic nitrogens is 4. The van der Waals surface area contributed by atoms with Gasteiger partial charge in [-0.1, -0.05) is 6.92 Å². The molecule has 0 bridgehead atoms. The topological polar surface area (TPSA) is 90.1 Å². The molecule has 2 rings (SSSR count). The molecule has 7 nitrogen and oxygen atoms in total. The maximum atomic E-state index is 11.3. The molecule has 0 saturated carbocycles. The first-order valence-corrected chi connectivity index (χ1v) is 5.86. The van der Waals surface area contributed by atoms with Gasteiger partial charge in [0.15, 0.2) is 5.82 Å². The normalized spacial score (nSPS) is 10.4. The summed E-state index contributed by atoms with van der Waals surface area (Å²) in [6.07, 6.45) is 1.54. The minimum absolute atomic E-state index is 0.130. The molecule has 0 unspecified atom stereocenters. The van der Waals surface area contributed by atoms with Crippen LogP contribution in [0.5, 0.6) is 5.75 Å². The fraction of sp³-hybridized carbons (Fsp3) is 0.333. The Bertz CT molecular complexity index is 594. The number of tetrazole rings is 1. The summed E-state index contributed by atoms with van der Waals surface area (Å²) in [5, 5.41) is 20.6. The molecule has 0 saturated heterocycles. The Morgan fingerprint density at radius 3 is 2.89 bits per heavy atom. The molecule has 1 N–H and O–H groups in total. The first kappa shape index (κ1) is 13.0. The van der Waals surface area contributed by atoms with Crippen molar-refractivity contribution >= 4 is 5.97 Å². The molecule has 0 radical (unpaired) electrons. The van der Waals surface area contributed by atoms with E-state index in [0.717, 1.165) is 6.42 Å². The van der Waals surface area contributed by atoms with Gasteiger partial charge >= 0.3 is 5.97 Å². The number of hydrogen-bond acceptors (Lipinski definition) is 5. The van der Waals surface area contributed by atoms with Gasteiger partial charge in [-0.05, 0) is 29.0 Å². The van der Waals surface area contributed by atoms with Crippen LogP contribution in [0.1, 0.15) is 29.5 Å². The molecule has 0 spiro atoms. The van der Waals surface area contributed by atoms with Gasteiger partial charge in [-0.15, -0.1) is 5.10 Å². The molecule has 1 aromatic heterocycles. The largest absolute Gasteiger partial charge is 0.497 e. The minimum Gasteiger partial charge on any atom is -0.497 e. The highest BCUT2D eigenvalue weighted by Crippen LogP contribution is 2.22. The lowest BCUT2D eigenvalue weighted by Gasteiger charge is -2.09. The van der Waals surface area contributed by atoms with Crippen molar-refractivity contribution in [1.29, 1.82) is 0 Å². The van der Waals surface area contributed by atoms with Crippen molar-refractivity contribution in [3.8, 4) is 11.4 Å². The average Bonchev–Trinajstić information content (AvgIpc) is 2.86. The Kier molecular flexibility index (Phi) is 3.74. The van der Waals surface area contributed by atoms with E-state index in [4.69, 9.17) is 4.74 Å². The summed E-state index contributed by atoms with van der Waals surface area (Å²) in [6.45, 7) is 2.00. The summed E-state index contributed by atoms with van der Waals surface area (Å²) < 4.78 is 6.55. The van der Waals surface area contributed by atoms with E-state index in [1.54, 1.807) is 12.1 Å². The number of carboxylic acid groups (broad SMARTS) is 1. The number of aryl methyl sites for hydroxylation is 1. The average molecular weight is 262 g/mol. The Balaban J connectivity index is 2.58. The molecule has 0 amide bonds. The van der Waals surface area contributed by atoms with Gasteiger partial charge in [-0.2, -0.15) is 4.68 Å². The minimum atomic E-state index is -1.03. The number of methoxy groups -OCH3 is 1. The van der Waals surface area contributed by atoms with E-state index in [9.17, 15) is 9.90 Å². The zero-order valence-electron chi connectivity index (χ0n) is 10.7. The maximum absolute atomic E-state index is 11.3. The number of benzene rings is 1. The second-order valence-corrected chi connectivity index (χ2v) is 3.95. The van der Waals surface area contributed by atoms with Gasteiger partial charge in [0.25, 0.3) is 0 Å². The van der Waals surface area contributed by atoms with Gasteiger partial charge in [-0.3, -0.25) is 0 Å². The highest BCUT2D eigenvalue weighted by molar-refractivity contribution is 5.92. The third-order valence-electron chi connectivity index (χ3n) is 2.67. The molecule has 0 aliphatic carbocycles. The number of carboxylic acids is 1. The highest BCUT2D eigenvalue weighted by atomic mass is 16.5. The Hall–Kier alpha value is -2.44. The number of carbonyl (C=O) groups is 1. The quantitative estimate of drug-likeness (QED) is 0.874. The Labute approximate surface area is 109 Å². The maximum Gasteiger partial charge on any atom is 0.337 e. The van der Waals surface area contributed by atoms with E-state index < -0.39 is 5.97 Å². The van der Waals surface area contributed by atoms with Crippen LogP contribution in [0.4, 0.5) is 0 Å². The number of nitrogens with zero attached hydrogens (tertiary/aromatic N) is 4. The molecule has 2 aromatic rings. The van der Waals surface area contributed by atoms with Crippen molar-refractivity contribution in [2.75, 3.05) is 7.11 Å². The summed E-state index contributed by atoms with van der Waals surface area (Å²) >= 11 is 0. The first-order valence-electron chi connectivity index (χ1n) is 5.86. The molecule has 7 heteroatoms. The molecule has 19 heavy (non-hydrogen) atoms. The predicted molar refractivity (Wildman–Crippen MR) is 66.7 cm³/mol. The predicted octanol–water partition coefficient (Wildman–Crippen LogP) is 1.32. The van der Waals surface area contributed by atoms with Gasteiger partial charge < -0.3 is 9.84 Å². The number of aromatic carboxylic acids is 1. The molecular weight excluding hydrogens is 248 g/mol. The van der Waals surface area contributed by atoms with Crippen LogP contribution in [0.2, 0.25) is 0 Å². The summed E-state index contributed by atoms with van der Waals surface area (Å²) in [5.41, 5.74) is 0.533. The van der Waals surface area contributed by atoms with Crippen LogP contribution in [-0.4, -0.2) is 38.4 Å².